The van der Waals surface area contributed by atoms with Gasteiger partial charge >= 0.3 is 0 Å². The van der Waals surface area contributed by atoms with Crippen LogP contribution in [0.25, 0.3) is 10.2 Å². The Morgan fingerprint density at radius 3 is 2.70 bits per heavy atom. The van der Waals surface area contributed by atoms with Crippen molar-refractivity contribution in [2.75, 3.05) is 10.6 Å². The summed E-state index contributed by atoms with van der Waals surface area (Å²) in [7, 11) is 0. The first-order valence-corrected chi connectivity index (χ1v) is 7.32. The molecule has 2 N–H and O–H groups in total. The highest BCUT2D eigenvalue weighted by Gasteiger charge is 2.11. The zero-order valence-corrected chi connectivity index (χ0v) is 12.5. The van der Waals surface area contributed by atoms with E-state index in [9.17, 15) is 9.59 Å². The van der Waals surface area contributed by atoms with Gasteiger partial charge in [0, 0.05) is 18.0 Å². The number of aromatic nitrogens is 1. The lowest BCUT2D eigenvalue weighted by molar-refractivity contribution is -0.119. The van der Waals surface area contributed by atoms with Crippen LogP contribution in [-0.2, 0) is 9.59 Å². The van der Waals surface area contributed by atoms with Gasteiger partial charge in [-0.15, -0.1) is 0 Å². The summed E-state index contributed by atoms with van der Waals surface area (Å²) in [5.41, 5.74) is 1.49. The van der Waals surface area contributed by atoms with Crippen LogP contribution >= 0.6 is 11.3 Å². The van der Waals surface area contributed by atoms with Crippen molar-refractivity contribution in [3.63, 3.8) is 0 Å². The van der Waals surface area contributed by atoms with E-state index in [1.807, 2.05) is 32.0 Å². The first-order chi connectivity index (χ1) is 9.49. The van der Waals surface area contributed by atoms with Crippen molar-refractivity contribution in [2.24, 2.45) is 5.92 Å². The molecule has 0 bridgehead atoms. The van der Waals surface area contributed by atoms with E-state index in [-0.39, 0.29) is 17.7 Å². The smallest absolute Gasteiger partial charge is 0.228 e. The molecule has 0 radical (unpaired) electrons. The van der Waals surface area contributed by atoms with Gasteiger partial charge in [-0.05, 0) is 18.2 Å². The van der Waals surface area contributed by atoms with Crippen LogP contribution in [0.3, 0.4) is 0 Å². The van der Waals surface area contributed by atoms with Gasteiger partial charge in [0.25, 0.3) is 0 Å². The van der Waals surface area contributed by atoms with Crippen molar-refractivity contribution in [1.29, 1.82) is 0 Å². The molecule has 0 saturated heterocycles. The molecule has 0 aliphatic heterocycles. The first kappa shape index (κ1) is 14.5. The molecule has 0 unspecified atom stereocenters. The van der Waals surface area contributed by atoms with Crippen molar-refractivity contribution < 1.29 is 9.59 Å². The number of hydrogen-bond acceptors (Lipinski definition) is 4. The molecule has 2 aromatic rings. The molecule has 0 saturated carbocycles. The number of fused-ring (bicyclic) bond motifs is 1. The standard InChI is InChI=1S/C14H17N3O2S/c1-4-12(18)15-9-5-6-11-10(7-9)16-14(20-11)17-13(19)8(2)3/h5-8H,4H2,1-3H3,(H,15,18)(H,16,17,19). The van der Waals surface area contributed by atoms with Gasteiger partial charge in [0.05, 0.1) is 10.2 Å². The molecule has 1 aromatic carbocycles. The van der Waals surface area contributed by atoms with Crippen molar-refractivity contribution in [3.8, 4) is 0 Å². The Balaban J connectivity index is 2.21. The van der Waals surface area contributed by atoms with Gasteiger partial charge < -0.3 is 10.6 Å². The molecule has 1 heterocycles. The van der Waals surface area contributed by atoms with Gasteiger partial charge in [0.15, 0.2) is 5.13 Å². The SMILES string of the molecule is CCC(=O)Nc1ccc2sc(NC(=O)C(C)C)nc2c1. The lowest BCUT2D eigenvalue weighted by Gasteiger charge is -2.02. The Hall–Kier alpha value is -1.95. The third kappa shape index (κ3) is 3.33. The number of nitrogens with one attached hydrogen (secondary N) is 2. The molecule has 6 heteroatoms. The monoisotopic (exact) mass is 291 g/mol. The fraction of sp³-hybridized carbons (Fsp3) is 0.357. The summed E-state index contributed by atoms with van der Waals surface area (Å²) in [4.78, 5) is 27.4. The van der Waals surface area contributed by atoms with Crippen LogP contribution in [0, 0.1) is 5.92 Å². The average Bonchev–Trinajstić information content (AvgIpc) is 2.79. The molecule has 0 aliphatic rings. The molecule has 1 aromatic heterocycles. The third-order valence-corrected chi connectivity index (χ3v) is 3.70. The number of carbonyl (C=O) groups is 2. The molecule has 2 amide bonds. The number of carbonyl (C=O) groups excluding carboxylic acids is 2. The summed E-state index contributed by atoms with van der Waals surface area (Å²) in [6, 6.07) is 5.54. The summed E-state index contributed by atoms with van der Waals surface area (Å²) in [6.45, 7) is 5.47. The number of rotatable bonds is 4. The van der Waals surface area contributed by atoms with Crippen LogP contribution in [0.2, 0.25) is 0 Å². The Morgan fingerprint density at radius 2 is 2.05 bits per heavy atom. The van der Waals surface area contributed by atoms with E-state index in [2.05, 4.69) is 15.6 Å². The Kier molecular flexibility index (Phi) is 4.34. The maximum atomic E-state index is 11.6. The fourth-order valence-corrected chi connectivity index (χ4v) is 2.41. The zero-order valence-electron chi connectivity index (χ0n) is 11.7. The molecule has 0 spiro atoms. The Bertz CT molecular complexity index is 649. The van der Waals surface area contributed by atoms with Gasteiger partial charge in [-0.3, -0.25) is 9.59 Å². The van der Waals surface area contributed by atoms with E-state index in [1.54, 1.807) is 6.92 Å². The number of thiazole rings is 1. The largest absolute Gasteiger partial charge is 0.326 e. The average molecular weight is 291 g/mol. The van der Waals surface area contributed by atoms with E-state index in [0.717, 1.165) is 15.9 Å². The normalized spacial score (nSPS) is 10.8. The van der Waals surface area contributed by atoms with Gasteiger partial charge in [0.1, 0.15) is 0 Å². The molecular weight excluding hydrogens is 274 g/mol. The van der Waals surface area contributed by atoms with Gasteiger partial charge in [-0.1, -0.05) is 32.1 Å². The molecule has 20 heavy (non-hydrogen) atoms. The molecule has 0 aliphatic carbocycles. The minimum absolute atomic E-state index is 0.0343. The second-order valence-corrected chi connectivity index (χ2v) is 5.78. The molecule has 2 rings (SSSR count). The van der Waals surface area contributed by atoms with Crippen LogP contribution in [0.1, 0.15) is 27.2 Å². The van der Waals surface area contributed by atoms with Gasteiger partial charge in [-0.2, -0.15) is 0 Å². The molecule has 106 valence electrons. The van der Waals surface area contributed by atoms with Crippen molar-refractivity contribution in [1.82, 2.24) is 4.98 Å². The molecular formula is C14H17N3O2S. The van der Waals surface area contributed by atoms with Crippen LogP contribution < -0.4 is 10.6 Å². The van der Waals surface area contributed by atoms with E-state index in [4.69, 9.17) is 0 Å². The van der Waals surface area contributed by atoms with Crippen molar-refractivity contribution in [2.45, 2.75) is 27.2 Å². The minimum atomic E-state index is -0.0820. The Morgan fingerprint density at radius 1 is 1.30 bits per heavy atom. The summed E-state index contributed by atoms with van der Waals surface area (Å²) in [5, 5.41) is 6.15. The third-order valence-electron chi connectivity index (χ3n) is 2.75. The molecule has 0 atom stereocenters. The second kappa shape index (κ2) is 6.00. The summed E-state index contributed by atoms with van der Waals surface area (Å²) >= 11 is 1.42. The Labute approximate surface area is 121 Å². The predicted octanol–water partition coefficient (Wildman–Crippen LogP) is 3.24. The minimum Gasteiger partial charge on any atom is -0.326 e. The van der Waals surface area contributed by atoms with E-state index in [0.29, 0.717) is 11.6 Å². The maximum absolute atomic E-state index is 11.6. The highest BCUT2D eigenvalue weighted by atomic mass is 32.1. The van der Waals surface area contributed by atoms with Gasteiger partial charge in [-0.25, -0.2) is 4.98 Å². The number of benzene rings is 1. The van der Waals surface area contributed by atoms with Crippen LogP contribution in [0.15, 0.2) is 18.2 Å². The number of anilines is 2. The van der Waals surface area contributed by atoms with E-state index in [1.165, 1.54) is 11.3 Å². The lowest BCUT2D eigenvalue weighted by atomic mass is 10.2. The lowest BCUT2D eigenvalue weighted by Crippen LogP contribution is -2.17. The van der Waals surface area contributed by atoms with Crippen molar-refractivity contribution >= 4 is 44.2 Å². The van der Waals surface area contributed by atoms with Crippen LogP contribution in [0.5, 0.6) is 0 Å². The predicted molar refractivity (Wildman–Crippen MR) is 82.0 cm³/mol. The highest BCUT2D eigenvalue weighted by Crippen LogP contribution is 2.28. The highest BCUT2D eigenvalue weighted by molar-refractivity contribution is 7.22. The van der Waals surface area contributed by atoms with E-state index < -0.39 is 0 Å². The fourth-order valence-electron chi connectivity index (χ4n) is 1.56. The summed E-state index contributed by atoms with van der Waals surface area (Å²) in [5.74, 6) is -0.169. The number of nitrogens with zero attached hydrogens (tertiary/aromatic N) is 1. The van der Waals surface area contributed by atoms with Gasteiger partial charge in [0.2, 0.25) is 11.8 Å². The van der Waals surface area contributed by atoms with E-state index >= 15 is 0 Å². The molecule has 0 fully saturated rings. The van der Waals surface area contributed by atoms with Crippen LogP contribution in [0.4, 0.5) is 10.8 Å². The first-order valence-electron chi connectivity index (χ1n) is 6.51. The number of amides is 2. The molecule has 5 nitrogen and oxygen atoms in total. The second-order valence-electron chi connectivity index (χ2n) is 4.75. The summed E-state index contributed by atoms with van der Waals surface area (Å²) in [6.07, 6.45) is 0.435. The maximum Gasteiger partial charge on any atom is 0.228 e. The van der Waals surface area contributed by atoms with Crippen LogP contribution in [-0.4, -0.2) is 16.8 Å². The topological polar surface area (TPSA) is 71.1 Å². The quantitative estimate of drug-likeness (QED) is 0.908. The number of hydrogen-bond donors (Lipinski definition) is 2. The van der Waals surface area contributed by atoms with Crippen molar-refractivity contribution in [3.05, 3.63) is 18.2 Å². The summed E-state index contributed by atoms with van der Waals surface area (Å²) < 4.78 is 0.971. The zero-order chi connectivity index (χ0) is 14.7.